The first-order chi connectivity index (χ1) is 5.07. The van der Waals surface area contributed by atoms with Crippen LogP contribution in [0.3, 0.4) is 0 Å². The molecule has 0 aromatic carbocycles. The summed E-state index contributed by atoms with van der Waals surface area (Å²) in [6.45, 7) is 0.898. The molecule has 0 aromatic heterocycles. The molecule has 1 rings (SSSR count). The van der Waals surface area contributed by atoms with Gasteiger partial charge in [0.2, 0.25) is 0 Å². The van der Waals surface area contributed by atoms with E-state index in [1.165, 1.54) is 0 Å². The molecule has 0 spiro atoms. The van der Waals surface area contributed by atoms with Crippen molar-refractivity contribution in [2.45, 2.75) is 19.1 Å². The highest BCUT2D eigenvalue weighted by atomic mass is 16.6. The Labute approximate surface area is 61.5 Å². The highest BCUT2D eigenvalue weighted by Crippen LogP contribution is 2.04. The summed E-state index contributed by atoms with van der Waals surface area (Å²) >= 11 is 0. The lowest BCUT2D eigenvalue weighted by Gasteiger charge is -1.96. The maximum Gasteiger partial charge on any atom is 0.100 e. The largest absolute Gasteiger partial charge is 0.394 e. The number of ether oxygens (including phenoxy) is 1. The van der Waals surface area contributed by atoms with Crippen LogP contribution in [-0.2, 0) is 4.74 Å². The Morgan fingerprint density at radius 1 is 1.80 bits per heavy atom. The van der Waals surface area contributed by atoms with Crippen molar-refractivity contribution in [2.24, 2.45) is 0 Å². The quantitative estimate of drug-likeness (QED) is 0.432. The van der Waals surface area contributed by atoms with Gasteiger partial charge in [-0.05, 0) is 6.92 Å². The molecule has 4 heteroatoms. The Kier molecular flexibility index (Phi) is 4.46. The number of aliphatic hydroxyl groups is 3. The normalized spacial score (nSPS) is 29.2. The van der Waals surface area contributed by atoms with Gasteiger partial charge in [-0.3, -0.25) is 0 Å². The van der Waals surface area contributed by atoms with Crippen molar-refractivity contribution in [3.05, 3.63) is 0 Å². The fourth-order valence-electron chi connectivity index (χ4n) is 0.143. The molecule has 3 unspecified atom stereocenters. The van der Waals surface area contributed by atoms with Gasteiger partial charge in [-0.1, -0.05) is 0 Å². The van der Waals surface area contributed by atoms with Crippen molar-refractivity contribution in [3.63, 3.8) is 0 Å². The van der Waals surface area contributed by atoms with Crippen molar-refractivity contribution in [2.75, 3.05) is 19.8 Å². The number of epoxide rings is 1. The van der Waals surface area contributed by atoms with Crippen LogP contribution in [0, 0.1) is 0 Å². The van der Waals surface area contributed by atoms with E-state index >= 15 is 0 Å². The number of rotatable bonds is 2. The summed E-state index contributed by atoms with van der Waals surface area (Å²) in [5, 5.41) is 24.3. The molecule has 0 aromatic rings. The van der Waals surface area contributed by atoms with Gasteiger partial charge in [0.15, 0.2) is 0 Å². The second kappa shape index (κ2) is 5.61. The van der Waals surface area contributed by atoms with Gasteiger partial charge in [0.25, 0.3) is 0 Å². The van der Waals surface area contributed by atoms with Gasteiger partial charge in [-0.2, -0.15) is 0 Å². The molecule has 62 valence electrons. The molecule has 0 amide bonds. The number of hydrogen-bond donors (Lipinski definition) is 3. The van der Waals surface area contributed by atoms with Gasteiger partial charge in [0, 0.05) is 0 Å². The molecule has 0 radical (unpaired) electrons. The van der Waals surface area contributed by atoms with Crippen LogP contribution in [0.5, 0.6) is 0 Å². The third-order valence-electron chi connectivity index (χ3n) is 0.859. The van der Waals surface area contributed by atoms with Crippen molar-refractivity contribution < 1.29 is 21.4 Å². The monoisotopic (exact) mass is 152 g/mol. The van der Waals surface area contributed by atoms with Crippen molar-refractivity contribution in [1.82, 2.24) is 0 Å². The van der Waals surface area contributed by atoms with Crippen LogP contribution in [0.25, 0.3) is 0 Å². The molecule has 1 saturated heterocycles. The molecule has 4 nitrogen and oxygen atoms in total. The minimum atomic E-state index is -1.58. The Bertz CT molecular complexity index is 94.6. The van der Waals surface area contributed by atoms with Crippen LogP contribution in [0.2, 0.25) is 0 Å². The van der Waals surface area contributed by atoms with E-state index in [-0.39, 0.29) is 0 Å². The highest BCUT2D eigenvalue weighted by Gasteiger charge is 2.13. The van der Waals surface area contributed by atoms with E-state index in [2.05, 4.69) is 6.92 Å². The fourth-order valence-corrected chi connectivity index (χ4v) is 0.143. The Hall–Kier alpha value is -0.160. The molecular weight excluding hydrogens is 136 g/mol. The van der Waals surface area contributed by atoms with Gasteiger partial charge in [-0.15, -0.1) is 0 Å². The van der Waals surface area contributed by atoms with Crippen LogP contribution in [-0.4, -0.2) is 47.3 Å². The molecule has 3 N–H and O–H groups in total. The van der Waals surface area contributed by atoms with Crippen molar-refractivity contribution >= 4 is 0 Å². The van der Waals surface area contributed by atoms with E-state index in [0.29, 0.717) is 6.10 Å². The maximum atomic E-state index is 8.25. The molecule has 1 aliphatic rings. The van der Waals surface area contributed by atoms with E-state index in [9.17, 15) is 0 Å². The van der Waals surface area contributed by atoms with E-state index < -0.39 is 19.3 Å². The summed E-state index contributed by atoms with van der Waals surface area (Å²) in [5.74, 6) is 0. The summed E-state index contributed by atoms with van der Waals surface area (Å²) in [6.07, 6.45) is -0.736. The van der Waals surface area contributed by atoms with Gasteiger partial charge in [0.1, 0.15) is 6.10 Å². The van der Waals surface area contributed by atoms with Crippen LogP contribution in [0.4, 0.5) is 0 Å². The first kappa shape index (κ1) is 7.94. The first-order valence-corrected chi connectivity index (χ1v) is 3.08. The smallest absolute Gasteiger partial charge is 0.100 e. The third-order valence-corrected chi connectivity index (χ3v) is 0.859. The predicted octanol–water partition coefficient (Wildman–Crippen LogP) is -1.26. The van der Waals surface area contributed by atoms with Crippen LogP contribution < -0.4 is 0 Å². The number of hydrogen-bond acceptors (Lipinski definition) is 4. The topological polar surface area (TPSA) is 73.2 Å². The van der Waals surface area contributed by atoms with Crippen LogP contribution >= 0.6 is 0 Å². The van der Waals surface area contributed by atoms with E-state index in [1.54, 1.807) is 0 Å². The lowest BCUT2D eigenvalue weighted by molar-refractivity contribution is 0.0450. The van der Waals surface area contributed by atoms with E-state index in [0.717, 1.165) is 6.61 Å². The van der Waals surface area contributed by atoms with Gasteiger partial charge < -0.3 is 20.1 Å². The molecule has 1 fully saturated rings. The molecule has 0 aliphatic carbocycles. The fraction of sp³-hybridized carbons (Fsp3) is 1.00. The summed E-state index contributed by atoms with van der Waals surface area (Å²) < 4.78 is 11.0. The summed E-state index contributed by atoms with van der Waals surface area (Å²) in [4.78, 5) is 0. The van der Waals surface area contributed by atoms with Gasteiger partial charge in [0.05, 0.1) is 27.3 Å². The average Bonchev–Trinajstić information content (AvgIpc) is 2.71. The second-order valence-corrected chi connectivity index (χ2v) is 2.04. The molecule has 3 atom stereocenters. The van der Waals surface area contributed by atoms with Gasteiger partial charge >= 0.3 is 0 Å². The van der Waals surface area contributed by atoms with Crippen LogP contribution in [0.1, 0.15) is 8.29 Å². The standard InChI is InChI=1S/C3H8O3.C3H6O/c4-1-3(6)2-5;1-3-2-4-3/h3-6H,1-2H2;3H,2H2,1H3/i1T;. The summed E-state index contributed by atoms with van der Waals surface area (Å²) in [7, 11) is 0. The van der Waals surface area contributed by atoms with E-state index in [4.69, 9.17) is 21.4 Å². The maximum absolute atomic E-state index is 8.25. The molecule has 0 bridgehead atoms. The zero-order valence-electron chi connectivity index (χ0n) is 6.90. The molecule has 1 aliphatic heterocycles. The lowest BCUT2D eigenvalue weighted by Crippen LogP contribution is -2.15. The zero-order valence-corrected chi connectivity index (χ0v) is 5.90. The molecule has 1 heterocycles. The third kappa shape index (κ3) is 7.84. The predicted molar refractivity (Wildman–Crippen MR) is 35.6 cm³/mol. The molecule has 0 saturated carbocycles. The molecular formula is C6H14O4. The summed E-state index contributed by atoms with van der Waals surface area (Å²) in [6, 6.07) is 0. The van der Waals surface area contributed by atoms with Crippen molar-refractivity contribution in [1.29, 1.82) is 0 Å². The first-order valence-electron chi connectivity index (χ1n) is 3.66. The Balaban J connectivity index is 0.000000207. The van der Waals surface area contributed by atoms with Gasteiger partial charge in [-0.25, -0.2) is 0 Å². The second-order valence-electron chi connectivity index (χ2n) is 2.04. The number of aliphatic hydroxyl groups excluding tert-OH is 3. The Morgan fingerprint density at radius 2 is 2.20 bits per heavy atom. The highest BCUT2D eigenvalue weighted by molar-refractivity contribution is 4.58. The lowest BCUT2D eigenvalue weighted by atomic mass is 10.4. The zero-order chi connectivity index (χ0) is 8.85. The Morgan fingerprint density at radius 3 is 2.20 bits per heavy atom. The van der Waals surface area contributed by atoms with E-state index in [1.807, 2.05) is 0 Å². The van der Waals surface area contributed by atoms with Crippen molar-refractivity contribution in [3.8, 4) is 0 Å². The minimum Gasteiger partial charge on any atom is -0.394 e. The SMILES string of the molecule is CC1CO1.[3H]C(O)C(O)CO. The minimum absolute atomic E-state index is 0.565. The van der Waals surface area contributed by atoms with Crippen LogP contribution in [0.15, 0.2) is 0 Å². The molecule has 10 heavy (non-hydrogen) atoms. The average molecular weight is 152 g/mol. The summed E-state index contributed by atoms with van der Waals surface area (Å²) in [5.41, 5.74) is 0.